The van der Waals surface area contributed by atoms with Gasteiger partial charge in [-0.15, -0.1) is 0 Å². The first-order chi connectivity index (χ1) is 7.39. The van der Waals surface area contributed by atoms with Crippen molar-refractivity contribution in [3.63, 3.8) is 0 Å². The Morgan fingerprint density at radius 1 is 1.25 bits per heavy atom. The lowest BCUT2D eigenvalue weighted by Crippen LogP contribution is -2.14. The molecular weight excluding hydrogens is 216 g/mol. The summed E-state index contributed by atoms with van der Waals surface area (Å²) >= 11 is 4.82. The Labute approximate surface area is 103 Å². The van der Waals surface area contributed by atoms with Gasteiger partial charge in [0.05, 0.1) is 4.99 Å². The van der Waals surface area contributed by atoms with Crippen molar-refractivity contribution in [2.45, 2.75) is 32.6 Å². The molecule has 0 unspecified atom stereocenters. The Morgan fingerprint density at radius 2 is 1.81 bits per heavy atom. The summed E-state index contributed by atoms with van der Waals surface area (Å²) in [5.74, 6) is 0. The predicted octanol–water partition coefficient (Wildman–Crippen LogP) is 3.07. The fourth-order valence-corrected chi connectivity index (χ4v) is 1.52. The molecule has 1 aromatic carbocycles. The van der Waals surface area contributed by atoms with Gasteiger partial charge < -0.3 is 11.1 Å². The lowest BCUT2D eigenvalue weighted by molar-refractivity contribution is 0.590. The Kier molecular flexibility index (Phi) is 4.30. The Hall–Kier alpha value is -1.09. The highest BCUT2D eigenvalue weighted by Crippen LogP contribution is 2.23. The summed E-state index contributed by atoms with van der Waals surface area (Å²) in [6.07, 6.45) is 0.732. The maximum Gasteiger partial charge on any atom is 0.0745 e. The van der Waals surface area contributed by atoms with E-state index in [-0.39, 0.29) is 5.41 Å². The van der Waals surface area contributed by atoms with Gasteiger partial charge in [-0.1, -0.05) is 45.1 Å². The molecule has 0 spiro atoms. The van der Waals surface area contributed by atoms with Gasteiger partial charge in [0.25, 0.3) is 0 Å². The molecular formula is C13H20N2S. The molecule has 0 saturated heterocycles. The zero-order valence-corrected chi connectivity index (χ0v) is 11.0. The SMILES string of the molecule is CC(C)(C)c1ccc(NCCC(N)=S)cc1. The van der Waals surface area contributed by atoms with Gasteiger partial charge in [-0.25, -0.2) is 0 Å². The number of hydrogen-bond donors (Lipinski definition) is 2. The van der Waals surface area contributed by atoms with E-state index < -0.39 is 0 Å². The summed E-state index contributed by atoms with van der Waals surface area (Å²) in [5.41, 5.74) is 8.09. The molecule has 16 heavy (non-hydrogen) atoms. The minimum atomic E-state index is 0.206. The average molecular weight is 236 g/mol. The van der Waals surface area contributed by atoms with Crippen LogP contribution in [0.4, 0.5) is 5.69 Å². The second-order valence-corrected chi connectivity index (χ2v) is 5.49. The van der Waals surface area contributed by atoms with E-state index in [1.54, 1.807) is 0 Å². The third-order valence-corrected chi connectivity index (χ3v) is 2.66. The van der Waals surface area contributed by atoms with Crippen LogP contribution >= 0.6 is 12.2 Å². The lowest BCUT2D eigenvalue weighted by Gasteiger charge is -2.19. The van der Waals surface area contributed by atoms with E-state index in [4.69, 9.17) is 18.0 Å². The van der Waals surface area contributed by atoms with Crippen LogP contribution in [0.1, 0.15) is 32.8 Å². The smallest absolute Gasteiger partial charge is 0.0745 e. The number of rotatable bonds is 4. The Balaban J connectivity index is 2.55. The van der Waals surface area contributed by atoms with Crippen LogP contribution < -0.4 is 11.1 Å². The maximum absolute atomic E-state index is 5.43. The number of nitrogens with two attached hydrogens (primary N) is 1. The fraction of sp³-hybridized carbons (Fsp3) is 0.462. The van der Waals surface area contributed by atoms with Gasteiger partial charge in [0.15, 0.2) is 0 Å². The van der Waals surface area contributed by atoms with Crippen molar-refractivity contribution in [2.75, 3.05) is 11.9 Å². The molecule has 0 aromatic heterocycles. The monoisotopic (exact) mass is 236 g/mol. The quantitative estimate of drug-likeness (QED) is 0.789. The highest BCUT2D eigenvalue weighted by molar-refractivity contribution is 7.80. The first-order valence-corrected chi connectivity index (χ1v) is 5.93. The summed E-state index contributed by atoms with van der Waals surface area (Å²) in [4.78, 5) is 0.554. The van der Waals surface area contributed by atoms with Gasteiger partial charge in [-0.3, -0.25) is 0 Å². The minimum absolute atomic E-state index is 0.206. The normalized spacial score (nSPS) is 11.2. The van der Waals surface area contributed by atoms with Gasteiger partial charge in [-0.05, 0) is 23.1 Å². The van der Waals surface area contributed by atoms with Crippen LogP contribution in [-0.4, -0.2) is 11.5 Å². The molecule has 2 nitrogen and oxygen atoms in total. The minimum Gasteiger partial charge on any atom is -0.393 e. The van der Waals surface area contributed by atoms with E-state index in [0.717, 1.165) is 18.7 Å². The molecule has 3 N–H and O–H groups in total. The van der Waals surface area contributed by atoms with E-state index >= 15 is 0 Å². The van der Waals surface area contributed by atoms with Crippen molar-refractivity contribution >= 4 is 22.9 Å². The molecule has 88 valence electrons. The average Bonchev–Trinajstić information content (AvgIpc) is 2.16. The van der Waals surface area contributed by atoms with Crippen molar-refractivity contribution in [3.8, 4) is 0 Å². The molecule has 1 aromatic rings. The lowest BCUT2D eigenvalue weighted by atomic mass is 9.87. The standard InChI is InChI=1S/C13H20N2S/c1-13(2,3)10-4-6-11(7-5-10)15-9-8-12(14)16/h4-7,15H,8-9H2,1-3H3,(H2,14,16). The van der Waals surface area contributed by atoms with Crippen LogP contribution in [0.15, 0.2) is 24.3 Å². The van der Waals surface area contributed by atoms with Crippen molar-refractivity contribution in [1.29, 1.82) is 0 Å². The molecule has 0 bridgehead atoms. The topological polar surface area (TPSA) is 38.0 Å². The zero-order valence-electron chi connectivity index (χ0n) is 10.2. The highest BCUT2D eigenvalue weighted by Gasteiger charge is 2.12. The van der Waals surface area contributed by atoms with Crippen LogP contribution in [0, 0.1) is 0 Å². The molecule has 0 fully saturated rings. The Bertz CT molecular complexity index is 349. The van der Waals surface area contributed by atoms with Crippen LogP contribution in [-0.2, 0) is 5.41 Å². The van der Waals surface area contributed by atoms with Crippen molar-refractivity contribution in [2.24, 2.45) is 5.73 Å². The molecule has 0 aliphatic rings. The number of thiocarbonyl (C=S) groups is 1. The van der Waals surface area contributed by atoms with Gasteiger partial charge >= 0.3 is 0 Å². The van der Waals surface area contributed by atoms with Gasteiger partial charge in [0.1, 0.15) is 0 Å². The largest absolute Gasteiger partial charge is 0.393 e. The second kappa shape index (κ2) is 5.30. The van der Waals surface area contributed by atoms with Crippen LogP contribution in [0.2, 0.25) is 0 Å². The highest BCUT2D eigenvalue weighted by atomic mass is 32.1. The van der Waals surface area contributed by atoms with Gasteiger partial charge in [0.2, 0.25) is 0 Å². The molecule has 0 saturated carbocycles. The molecule has 0 heterocycles. The van der Waals surface area contributed by atoms with E-state index in [2.05, 4.69) is 50.4 Å². The van der Waals surface area contributed by atoms with Crippen LogP contribution in [0.3, 0.4) is 0 Å². The van der Waals surface area contributed by atoms with Crippen LogP contribution in [0.5, 0.6) is 0 Å². The van der Waals surface area contributed by atoms with E-state index in [9.17, 15) is 0 Å². The van der Waals surface area contributed by atoms with Crippen molar-refractivity contribution in [3.05, 3.63) is 29.8 Å². The second-order valence-electron chi connectivity index (χ2n) is 4.97. The first kappa shape index (κ1) is 13.0. The van der Waals surface area contributed by atoms with E-state index in [0.29, 0.717) is 4.99 Å². The fourth-order valence-electron chi connectivity index (χ4n) is 1.42. The summed E-state index contributed by atoms with van der Waals surface area (Å²) in [7, 11) is 0. The van der Waals surface area contributed by atoms with Gasteiger partial charge in [0, 0.05) is 18.7 Å². The van der Waals surface area contributed by atoms with E-state index in [1.165, 1.54) is 5.56 Å². The number of anilines is 1. The molecule has 0 radical (unpaired) electrons. The molecule has 0 amide bonds. The van der Waals surface area contributed by atoms with E-state index in [1.807, 2.05) is 0 Å². The first-order valence-electron chi connectivity index (χ1n) is 5.52. The maximum atomic E-state index is 5.43. The number of benzene rings is 1. The number of hydrogen-bond acceptors (Lipinski definition) is 2. The molecule has 0 aliphatic heterocycles. The Morgan fingerprint density at radius 3 is 2.25 bits per heavy atom. The summed E-state index contributed by atoms with van der Waals surface area (Å²) in [6, 6.07) is 8.51. The van der Waals surface area contributed by atoms with Gasteiger partial charge in [-0.2, -0.15) is 0 Å². The molecule has 1 rings (SSSR count). The number of nitrogens with one attached hydrogen (secondary N) is 1. The van der Waals surface area contributed by atoms with Crippen molar-refractivity contribution in [1.82, 2.24) is 0 Å². The summed E-state index contributed by atoms with van der Waals surface area (Å²) in [6.45, 7) is 7.43. The van der Waals surface area contributed by atoms with Crippen molar-refractivity contribution < 1.29 is 0 Å². The molecule has 3 heteroatoms. The molecule has 0 atom stereocenters. The third kappa shape index (κ3) is 4.19. The summed E-state index contributed by atoms with van der Waals surface area (Å²) < 4.78 is 0. The predicted molar refractivity (Wildman–Crippen MR) is 75.0 cm³/mol. The third-order valence-electron chi connectivity index (χ3n) is 2.45. The van der Waals surface area contributed by atoms with Crippen LogP contribution in [0.25, 0.3) is 0 Å². The molecule has 0 aliphatic carbocycles. The zero-order chi connectivity index (χ0) is 12.2. The summed E-state index contributed by atoms with van der Waals surface area (Å²) in [5, 5.41) is 3.29.